The van der Waals surface area contributed by atoms with E-state index < -0.39 is 0 Å². The van der Waals surface area contributed by atoms with Gasteiger partial charge in [-0.3, -0.25) is 0 Å². The maximum atomic E-state index is 5.95. The molecule has 8 nitrogen and oxygen atoms in total. The van der Waals surface area contributed by atoms with Gasteiger partial charge in [-0.25, -0.2) is 0 Å². The van der Waals surface area contributed by atoms with Gasteiger partial charge in [0.2, 0.25) is 0 Å². The van der Waals surface area contributed by atoms with Crippen molar-refractivity contribution in [2.45, 2.75) is 172 Å². The minimum Gasteiger partial charge on any atom is -0.523 e. The molecule has 2 bridgehead atoms. The Kier molecular flexibility index (Phi) is 27.7. The lowest BCUT2D eigenvalue weighted by Gasteiger charge is -2.47. The zero-order chi connectivity index (χ0) is 38.2. The van der Waals surface area contributed by atoms with Crippen LogP contribution in [0.1, 0.15) is 136 Å². The number of para-hydroxylation sites is 2. The van der Waals surface area contributed by atoms with E-state index in [9.17, 15) is 0 Å². The molecular formula is C38H76B4O8. The van der Waals surface area contributed by atoms with Crippen LogP contribution in [0.4, 0.5) is 0 Å². The largest absolute Gasteiger partial charge is 0.597 e. The van der Waals surface area contributed by atoms with E-state index in [1.54, 1.807) is 0 Å². The Labute approximate surface area is 311 Å². The van der Waals surface area contributed by atoms with Crippen LogP contribution >= 0.6 is 0 Å². The van der Waals surface area contributed by atoms with Crippen molar-refractivity contribution in [1.29, 1.82) is 0 Å². The van der Waals surface area contributed by atoms with Gasteiger partial charge in [0.15, 0.2) is 0 Å². The van der Waals surface area contributed by atoms with Crippen LogP contribution in [0, 0.1) is 11.8 Å². The third kappa shape index (κ3) is 16.7. The highest BCUT2D eigenvalue weighted by Crippen LogP contribution is 2.50. The Morgan fingerprint density at radius 2 is 0.900 bits per heavy atom. The second-order valence-corrected chi connectivity index (χ2v) is 13.6. The smallest absolute Gasteiger partial charge is 0.523 e. The van der Waals surface area contributed by atoms with Gasteiger partial charge in [0.25, 0.3) is 0 Å². The average Bonchev–Trinajstić information content (AvgIpc) is 3.93. The topological polar surface area (TPSA) is 73.8 Å². The molecule has 0 spiro atoms. The lowest BCUT2D eigenvalue weighted by molar-refractivity contribution is -0.0439. The first kappa shape index (κ1) is 48.8. The van der Waals surface area contributed by atoms with E-state index in [-0.39, 0.29) is 28.5 Å². The van der Waals surface area contributed by atoms with Crippen molar-refractivity contribution in [2.24, 2.45) is 11.8 Å². The van der Waals surface area contributed by atoms with Crippen LogP contribution < -0.4 is 9.31 Å². The molecule has 7 aliphatic rings. The SMILES string of the molecule is CC.CC.CC.CC.CC(C)B1OC2CC3CC(C3)C2O1.CC(C)B1OCCCO1.CC(C)B1OCCO1.CC(C)B1Oc2ccccc2O1. The van der Waals surface area contributed by atoms with E-state index in [0.717, 1.165) is 56.2 Å². The van der Waals surface area contributed by atoms with Gasteiger partial charge < -0.3 is 37.2 Å². The summed E-state index contributed by atoms with van der Waals surface area (Å²) < 4.78 is 44.0. The van der Waals surface area contributed by atoms with Gasteiger partial charge in [0.05, 0.1) is 25.4 Å². The molecule has 1 aromatic rings. The molecule has 0 radical (unpaired) electrons. The molecular weight excluding hydrogens is 628 g/mol. The summed E-state index contributed by atoms with van der Waals surface area (Å²) in [5.41, 5.74) is 0. The van der Waals surface area contributed by atoms with Crippen LogP contribution in [-0.4, -0.2) is 67.1 Å². The van der Waals surface area contributed by atoms with E-state index in [4.69, 9.17) is 37.2 Å². The van der Waals surface area contributed by atoms with Crippen molar-refractivity contribution < 1.29 is 37.2 Å². The second kappa shape index (κ2) is 28.4. The van der Waals surface area contributed by atoms with Gasteiger partial charge in [0.1, 0.15) is 11.5 Å². The van der Waals surface area contributed by atoms with Gasteiger partial charge in [-0.2, -0.15) is 0 Å². The van der Waals surface area contributed by atoms with Crippen molar-refractivity contribution in [2.75, 3.05) is 26.4 Å². The molecule has 1 aromatic carbocycles. The standard InChI is InChI=1S/C10H17BO2.C9H11BO2.C6H13BO2.C5H11BO2.4C2H6/c1-6(2)11-12-9-5-7-3-8(4-7)10(9)13-11;1-7(2)10-11-8-5-3-4-6-9(8)12-10;1-6(2)7-8-4-3-5-9-7;1-5(2)6-7-3-4-8-6;4*1-2/h6-10H,3-5H2,1-2H3;3-7H,1-2H3;6H,3-5H2,1-2H3;5H,3-4H2,1-2H3;4*1-2H3. The molecule has 4 aliphatic heterocycles. The molecule has 12 heteroatoms. The Balaban J connectivity index is 0.000000608. The zero-order valence-electron chi connectivity index (χ0n) is 35.2. The third-order valence-electron chi connectivity index (χ3n) is 8.28. The third-order valence-corrected chi connectivity index (χ3v) is 8.28. The molecule has 2 atom stereocenters. The fourth-order valence-electron chi connectivity index (χ4n) is 5.86. The summed E-state index contributed by atoms with van der Waals surface area (Å²) in [6.07, 6.45) is 5.97. The van der Waals surface area contributed by atoms with Crippen molar-refractivity contribution in [3.05, 3.63) is 24.3 Å². The number of hydrogen-bond donors (Lipinski definition) is 0. The molecule has 0 aromatic heterocycles. The minimum absolute atomic E-state index is 0.0544. The quantitative estimate of drug-likeness (QED) is 0.287. The maximum absolute atomic E-state index is 5.95. The Morgan fingerprint density at radius 1 is 0.500 bits per heavy atom. The van der Waals surface area contributed by atoms with Crippen LogP contribution in [0.25, 0.3) is 0 Å². The maximum Gasteiger partial charge on any atom is 0.597 e. The van der Waals surface area contributed by atoms with E-state index in [1.165, 1.54) is 19.3 Å². The molecule has 3 aliphatic carbocycles. The zero-order valence-corrected chi connectivity index (χ0v) is 35.2. The van der Waals surface area contributed by atoms with Crippen molar-refractivity contribution >= 4 is 28.5 Å². The highest BCUT2D eigenvalue weighted by molar-refractivity contribution is 6.49. The monoisotopic (exact) mass is 705 g/mol. The number of hydrogen-bond acceptors (Lipinski definition) is 8. The predicted octanol–water partition coefficient (Wildman–Crippen LogP) is 10.8. The lowest BCUT2D eigenvalue weighted by atomic mass is 9.63. The summed E-state index contributed by atoms with van der Waals surface area (Å²) in [6.45, 7) is 36.2. The molecule has 3 saturated carbocycles. The first-order chi connectivity index (χ1) is 24.1. The normalized spacial score (nSPS) is 23.4. The summed E-state index contributed by atoms with van der Waals surface area (Å²) in [6, 6.07) is 7.76. The lowest BCUT2D eigenvalue weighted by Crippen LogP contribution is -2.47. The van der Waals surface area contributed by atoms with E-state index >= 15 is 0 Å². The van der Waals surface area contributed by atoms with Crippen LogP contribution in [0.15, 0.2) is 24.3 Å². The molecule has 288 valence electrons. The Bertz CT molecular complexity index is 899. The number of rotatable bonds is 4. The van der Waals surface area contributed by atoms with Gasteiger partial charge in [-0.1, -0.05) is 123 Å². The van der Waals surface area contributed by atoms with Gasteiger partial charge in [0, 0.05) is 19.0 Å². The van der Waals surface area contributed by atoms with Gasteiger partial charge in [-0.15, -0.1) is 0 Å². The van der Waals surface area contributed by atoms with Crippen molar-refractivity contribution in [3.8, 4) is 11.5 Å². The first-order valence-electron chi connectivity index (χ1n) is 20.3. The fraction of sp³-hybridized carbons (Fsp3) is 0.842. The summed E-state index contributed by atoms with van der Waals surface area (Å²) >= 11 is 0. The molecule has 0 amide bonds. The molecule has 0 N–H and O–H groups in total. The summed E-state index contributed by atoms with van der Waals surface area (Å²) in [5.74, 6) is 5.38. The number of fused-ring (bicyclic) bond motifs is 1. The highest BCUT2D eigenvalue weighted by atomic mass is 16.7. The highest BCUT2D eigenvalue weighted by Gasteiger charge is 2.53. The average molecular weight is 704 g/mol. The van der Waals surface area contributed by atoms with E-state index in [1.807, 2.05) is 79.7 Å². The summed E-state index contributed by atoms with van der Waals surface area (Å²) in [5, 5.41) is 0. The van der Waals surface area contributed by atoms with Gasteiger partial charge in [-0.05, 0) is 67.1 Å². The van der Waals surface area contributed by atoms with E-state index in [2.05, 4.69) is 55.4 Å². The molecule has 8 rings (SSSR count). The molecule has 2 unspecified atom stereocenters. The molecule has 3 saturated heterocycles. The Morgan fingerprint density at radius 3 is 1.24 bits per heavy atom. The number of benzene rings is 1. The van der Waals surface area contributed by atoms with E-state index in [0.29, 0.717) is 35.5 Å². The van der Waals surface area contributed by atoms with Gasteiger partial charge >= 0.3 is 28.5 Å². The minimum atomic E-state index is -0.109. The summed E-state index contributed by atoms with van der Waals surface area (Å²) in [4.78, 5) is 0. The fourth-order valence-corrected chi connectivity index (χ4v) is 5.86. The van der Waals surface area contributed by atoms with Crippen LogP contribution in [0.3, 0.4) is 0 Å². The van der Waals surface area contributed by atoms with Crippen molar-refractivity contribution in [3.63, 3.8) is 0 Å². The Hall–Kier alpha value is -1.16. The summed E-state index contributed by atoms with van der Waals surface area (Å²) in [7, 11) is 0.0884. The second-order valence-electron chi connectivity index (χ2n) is 13.6. The first-order valence-corrected chi connectivity index (χ1v) is 20.3. The molecule has 50 heavy (non-hydrogen) atoms. The van der Waals surface area contributed by atoms with Crippen LogP contribution in [0.5, 0.6) is 11.5 Å². The van der Waals surface area contributed by atoms with Crippen LogP contribution in [-0.2, 0) is 27.9 Å². The molecule has 4 heterocycles. The predicted molar refractivity (Wildman–Crippen MR) is 215 cm³/mol. The molecule has 6 fully saturated rings. The van der Waals surface area contributed by atoms with Crippen molar-refractivity contribution in [1.82, 2.24) is 0 Å². The van der Waals surface area contributed by atoms with Crippen LogP contribution in [0.2, 0.25) is 23.3 Å².